The quantitative estimate of drug-likeness (QED) is 0.619. The first-order valence-corrected chi connectivity index (χ1v) is 10.1. The van der Waals surface area contributed by atoms with Crippen molar-refractivity contribution in [2.45, 2.75) is 13.0 Å². The number of pyridine rings is 1. The molecular weight excluding hydrogens is 378 g/mol. The highest BCUT2D eigenvalue weighted by molar-refractivity contribution is 5.94. The molecule has 0 saturated heterocycles. The smallest absolute Gasteiger partial charge is 0.255 e. The van der Waals surface area contributed by atoms with Gasteiger partial charge in [-0.1, -0.05) is 30.3 Å². The zero-order chi connectivity index (χ0) is 20.9. The first kappa shape index (κ1) is 19.8. The molecule has 0 saturated carbocycles. The van der Waals surface area contributed by atoms with E-state index in [9.17, 15) is 4.79 Å². The van der Waals surface area contributed by atoms with Crippen molar-refractivity contribution in [3.8, 4) is 11.5 Å². The molecule has 1 aromatic heterocycles. The molecule has 2 heterocycles. The van der Waals surface area contributed by atoms with Gasteiger partial charge in [0.2, 0.25) is 0 Å². The van der Waals surface area contributed by atoms with Crippen LogP contribution in [-0.4, -0.2) is 48.6 Å². The Balaban J connectivity index is 1.42. The van der Waals surface area contributed by atoms with E-state index in [-0.39, 0.29) is 12.0 Å². The summed E-state index contributed by atoms with van der Waals surface area (Å²) in [6.45, 7) is 3.40. The Kier molecular flexibility index (Phi) is 5.84. The number of rotatable bonds is 6. The summed E-state index contributed by atoms with van der Waals surface area (Å²) in [5.41, 5.74) is 1.59. The molecule has 0 bridgehead atoms. The van der Waals surface area contributed by atoms with E-state index in [0.29, 0.717) is 31.0 Å². The third kappa shape index (κ3) is 4.22. The highest BCUT2D eigenvalue weighted by Gasteiger charge is 2.25. The lowest BCUT2D eigenvalue weighted by atomic mass is 10.2. The fourth-order valence-electron chi connectivity index (χ4n) is 3.43. The number of ether oxygens (including phenoxy) is 2. The van der Waals surface area contributed by atoms with Crippen molar-refractivity contribution in [3.05, 3.63) is 78.5 Å². The van der Waals surface area contributed by atoms with Gasteiger partial charge in [-0.25, -0.2) is 4.98 Å². The van der Waals surface area contributed by atoms with Gasteiger partial charge in [0.05, 0.1) is 12.1 Å². The van der Waals surface area contributed by atoms with Crippen molar-refractivity contribution < 1.29 is 14.3 Å². The monoisotopic (exact) mass is 403 g/mol. The maximum Gasteiger partial charge on any atom is 0.255 e. The van der Waals surface area contributed by atoms with Crippen LogP contribution in [0.2, 0.25) is 0 Å². The largest absolute Gasteiger partial charge is 0.486 e. The fourth-order valence-corrected chi connectivity index (χ4v) is 3.43. The number of amides is 1. The number of aromatic nitrogens is 1. The molecule has 0 aliphatic carbocycles. The maximum absolute atomic E-state index is 13.0. The third-order valence-corrected chi connectivity index (χ3v) is 5.14. The lowest BCUT2D eigenvalue weighted by Crippen LogP contribution is -2.43. The van der Waals surface area contributed by atoms with Crippen LogP contribution < -0.4 is 14.4 Å². The summed E-state index contributed by atoms with van der Waals surface area (Å²) in [5, 5.41) is 0. The molecule has 1 aliphatic rings. The number of nitrogens with zero attached hydrogens (tertiary/aromatic N) is 3. The molecule has 1 aliphatic heterocycles. The molecule has 154 valence electrons. The van der Waals surface area contributed by atoms with Gasteiger partial charge in [0.1, 0.15) is 12.4 Å². The second kappa shape index (κ2) is 8.86. The van der Waals surface area contributed by atoms with Crippen LogP contribution in [0.3, 0.4) is 0 Å². The molecule has 4 rings (SSSR count). The number of para-hydroxylation sites is 3. The van der Waals surface area contributed by atoms with Crippen molar-refractivity contribution in [2.75, 3.05) is 31.6 Å². The van der Waals surface area contributed by atoms with E-state index in [0.717, 1.165) is 17.3 Å². The van der Waals surface area contributed by atoms with Crippen LogP contribution in [0, 0.1) is 0 Å². The van der Waals surface area contributed by atoms with Crippen LogP contribution in [0.25, 0.3) is 0 Å². The number of anilines is 2. The van der Waals surface area contributed by atoms with Gasteiger partial charge in [-0.2, -0.15) is 0 Å². The minimum atomic E-state index is -0.208. The van der Waals surface area contributed by atoms with Crippen LogP contribution in [0.4, 0.5) is 11.5 Å². The summed E-state index contributed by atoms with van der Waals surface area (Å²) < 4.78 is 11.8. The number of carbonyl (C=O) groups is 1. The van der Waals surface area contributed by atoms with Crippen molar-refractivity contribution in [3.63, 3.8) is 0 Å². The van der Waals surface area contributed by atoms with Crippen LogP contribution in [0.5, 0.6) is 11.5 Å². The molecule has 1 atom stereocenters. The number of hydrogen-bond acceptors (Lipinski definition) is 5. The average molecular weight is 403 g/mol. The highest BCUT2D eigenvalue weighted by atomic mass is 16.6. The molecule has 0 radical (unpaired) electrons. The third-order valence-electron chi connectivity index (χ3n) is 5.14. The van der Waals surface area contributed by atoms with Crippen molar-refractivity contribution in [1.82, 2.24) is 9.88 Å². The van der Waals surface area contributed by atoms with E-state index in [2.05, 4.69) is 4.98 Å². The normalized spacial score (nSPS) is 14.8. The van der Waals surface area contributed by atoms with Crippen LogP contribution in [0.1, 0.15) is 17.3 Å². The van der Waals surface area contributed by atoms with Gasteiger partial charge in [-0.3, -0.25) is 4.79 Å². The predicted octanol–water partition coefficient (Wildman–Crippen LogP) is 4.15. The van der Waals surface area contributed by atoms with Gasteiger partial charge in [-0.15, -0.1) is 0 Å². The lowest BCUT2D eigenvalue weighted by molar-refractivity contribution is 0.0474. The molecule has 1 amide bonds. The molecule has 3 aromatic rings. The van der Waals surface area contributed by atoms with Crippen molar-refractivity contribution >= 4 is 17.4 Å². The summed E-state index contributed by atoms with van der Waals surface area (Å²) in [6.07, 6.45) is 1.42. The van der Waals surface area contributed by atoms with Crippen LogP contribution in [0.15, 0.2) is 72.9 Å². The maximum atomic E-state index is 13.0. The SMILES string of the molecule is CCN(CC1COc2ccccc2O1)C(=O)c1ccc(N(C)c2ccccc2)nc1. The Morgan fingerprint density at radius 2 is 1.77 bits per heavy atom. The Labute approximate surface area is 176 Å². The summed E-state index contributed by atoms with van der Waals surface area (Å²) in [6, 6.07) is 21.3. The Morgan fingerprint density at radius 3 is 2.47 bits per heavy atom. The molecule has 30 heavy (non-hydrogen) atoms. The first-order chi connectivity index (χ1) is 14.7. The van der Waals surface area contributed by atoms with Gasteiger partial charge in [-0.05, 0) is 43.3 Å². The van der Waals surface area contributed by atoms with E-state index in [1.807, 2.05) is 85.6 Å². The topological polar surface area (TPSA) is 54.9 Å². The Hall–Kier alpha value is -3.54. The number of likely N-dealkylation sites (N-methyl/N-ethyl adjacent to an activating group) is 1. The van der Waals surface area contributed by atoms with Crippen molar-refractivity contribution in [2.24, 2.45) is 0 Å². The fraction of sp³-hybridized carbons (Fsp3) is 0.250. The molecule has 0 fully saturated rings. The highest BCUT2D eigenvalue weighted by Crippen LogP contribution is 2.31. The summed E-state index contributed by atoms with van der Waals surface area (Å²) in [7, 11) is 1.95. The van der Waals surface area contributed by atoms with E-state index < -0.39 is 0 Å². The summed E-state index contributed by atoms with van der Waals surface area (Å²) in [5.74, 6) is 2.17. The van der Waals surface area contributed by atoms with E-state index in [1.54, 1.807) is 11.1 Å². The minimum Gasteiger partial charge on any atom is -0.486 e. The van der Waals surface area contributed by atoms with Gasteiger partial charge in [0.25, 0.3) is 5.91 Å². The van der Waals surface area contributed by atoms with Crippen molar-refractivity contribution in [1.29, 1.82) is 0 Å². The molecular formula is C24H25N3O3. The van der Waals surface area contributed by atoms with Crippen LogP contribution >= 0.6 is 0 Å². The molecule has 0 spiro atoms. The second-order valence-electron chi connectivity index (χ2n) is 7.14. The van der Waals surface area contributed by atoms with Crippen LogP contribution in [-0.2, 0) is 0 Å². The zero-order valence-electron chi connectivity index (χ0n) is 17.2. The molecule has 6 nitrogen and oxygen atoms in total. The number of benzene rings is 2. The summed E-state index contributed by atoms with van der Waals surface area (Å²) >= 11 is 0. The average Bonchev–Trinajstić information content (AvgIpc) is 2.82. The second-order valence-corrected chi connectivity index (χ2v) is 7.14. The summed E-state index contributed by atoms with van der Waals surface area (Å²) in [4.78, 5) is 21.3. The van der Waals surface area contributed by atoms with E-state index >= 15 is 0 Å². The Morgan fingerprint density at radius 1 is 1.03 bits per heavy atom. The predicted molar refractivity (Wildman–Crippen MR) is 117 cm³/mol. The minimum absolute atomic E-state index is 0.0682. The van der Waals surface area contributed by atoms with Gasteiger partial charge < -0.3 is 19.3 Å². The number of fused-ring (bicyclic) bond motifs is 1. The molecule has 6 heteroatoms. The van der Waals surface area contributed by atoms with Gasteiger partial charge in [0.15, 0.2) is 17.6 Å². The first-order valence-electron chi connectivity index (χ1n) is 10.1. The van der Waals surface area contributed by atoms with Gasteiger partial charge >= 0.3 is 0 Å². The standard InChI is InChI=1S/C24H25N3O3/c1-3-27(16-20-17-29-21-11-7-8-12-22(21)30-20)24(28)18-13-14-23(25-15-18)26(2)19-9-5-4-6-10-19/h4-15,20H,3,16-17H2,1-2H3. The zero-order valence-corrected chi connectivity index (χ0v) is 17.2. The number of hydrogen-bond donors (Lipinski definition) is 0. The van der Waals surface area contributed by atoms with Gasteiger partial charge in [0, 0.05) is 25.5 Å². The molecule has 0 N–H and O–H groups in total. The number of carbonyl (C=O) groups excluding carboxylic acids is 1. The van der Waals surface area contributed by atoms with E-state index in [4.69, 9.17) is 9.47 Å². The molecule has 2 aromatic carbocycles. The Bertz CT molecular complexity index is 992. The lowest BCUT2D eigenvalue weighted by Gasteiger charge is -2.31. The molecule has 1 unspecified atom stereocenters. The van der Waals surface area contributed by atoms with E-state index in [1.165, 1.54) is 0 Å².